The molecule has 1 amide bonds. The summed E-state index contributed by atoms with van der Waals surface area (Å²) in [4.78, 5) is 17.8. The fourth-order valence-electron chi connectivity index (χ4n) is 2.81. The van der Waals surface area contributed by atoms with Crippen molar-refractivity contribution in [3.8, 4) is 0 Å². The van der Waals surface area contributed by atoms with E-state index in [1.807, 2.05) is 31.3 Å². The lowest BCUT2D eigenvalue weighted by atomic mass is 10.1. The van der Waals surface area contributed by atoms with Gasteiger partial charge in [-0.05, 0) is 25.1 Å². The minimum atomic E-state index is -0.659. The zero-order valence-corrected chi connectivity index (χ0v) is 15.4. The van der Waals surface area contributed by atoms with Crippen LogP contribution in [0, 0.1) is 11.6 Å². The van der Waals surface area contributed by atoms with Crippen LogP contribution in [0.4, 0.5) is 8.78 Å². The number of hydrogen-bond acceptors (Lipinski definition) is 3. The Bertz CT molecular complexity index is 895. The maximum absolute atomic E-state index is 13.8. The molecule has 0 saturated carbocycles. The summed E-state index contributed by atoms with van der Waals surface area (Å²) in [7, 11) is 1.91. The average Bonchev–Trinajstić information content (AvgIpc) is 2.96. The van der Waals surface area contributed by atoms with E-state index in [0.717, 1.165) is 26.2 Å². The Hall–Kier alpha value is -2.38. The van der Waals surface area contributed by atoms with Crippen LogP contribution in [0.25, 0.3) is 10.2 Å². The second-order valence-corrected chi connectivity index (χ2v) is 7.46. The molecule has 1 aromatic heterocycles. The number of thiazole rings is 1. The number of aromatic nitrogens is 1. The molecule has 0 aliphatic heterocycles. The fourth-order valence-corrected chi connectivity index (χ4v) is 3.89. The van der Waals surface area contributed by atoms with E-state index < -0.39 is 17.7 Å². The number of halogens is 2. The molecule has 136 valence electrons. The predicted octanol–water partition coefficient (Wildman–Crippen LogP) is 2.47. The number of fused-ring (bicyclic) bond motifs is 1. The summed E-state index contributed by atoms with van der Waals surface area (Å²) in [6.45, 7) is 2.55. The highest BCUT2D eigenvalue weighted by Crippen LogP contribution is 2.20. The van der Waals surface area contributed by atoms with Crippen molar-refractivity contribution in [2.75, 3.05) is 13.6 Å². The highest BCUT2D eigenvalue weighted by molar-refractivity contribution is 7.18. The molecule has 26 heavy (non-hydrogen) atoms. The number of likely N-dealkylation sites (N-methyl/N-ethyl adjacent to an activating group) is 1. The number of carbonyl (C=O) groups excluding carboxylic acids is 1. The van der Waals surface area contributed by atoms with Crippen LogP contribution in [0.5, 0.6) is 0 Å². The lowest BCUT2D eigenvalue weighted by molar-refractivity contribution is -0.885. The molecule has 1 heterocycles. The van der Waals surface area contributed by atoms with Gasteiger partial charge in [0, 0.05) is 11.6 Å². The third kappa shape index (κ3) is 4.42. The zero-order valence-electron chi connectivity index (χ0n) is 14.6. The molecule has 0 spiro atoms. The highest BCUT2D eigenvalue weighted by atomic mass is 32.1. The molecule has 0 aliphatic carbocycles. The number of benzene rings is 2. The van der Waals surface area contributed by atoms with Crippen molar-refractivity contribution in [2.45, 2.75) is 19.5 Å². The lowest BCUT2D eigenvalue weighted by Gasteiger charge is -2.17. The van der Waals surface area contributed by atoms with Crippen LogP contribution in [0.2, 0.25) is 0 Å². The van der Waals surface area contributed by atoms with Gasteiger partial charge in [0.05, 0.1) is 23.3 Å². The van der Waals surface area contributed by atoms with E-state index in [-0.39, 0.29) is 18.0 Å². The monoisotopic (exact) mass is 376 g/mol. The van der Waals surface area contributed by atoms with Gasteiger partial charge in [-0.2, -0.15) is 0 Å². The maximum atomic E-state index is 13.8. The minimum absolute atomic E-state index is 0.195. The molecule has 7 heteroatoms. The van der Waals surface area contributed by atoms with Crippen molar-refractivity contribution in [1.82, 2.24) is 10.3 Å². The van der Waals surface area contributed by atoms with Crippen LogP contribution < -0.4 is 10.2 Å². The molecule has 2 N–H and O–H groups in total. The smallest absolute Gasteiger partial charge is 0.275 e. The first-order valence-electron chi connectivity index (χ1n) is 8.32. The Morgan fingerprint density at radius 3 is 2.77 bits per heavy atom. The lowest BCUT2D eigenvalue weighted by Crippen LogP contribution is -3.08. The Balaban J connectivity index is 1.56. The third-order valence-electron chi connectivity index (χ3n) is 4.06. The van der Waals surface area contributed by atoms with Gasteiger partial charge in [0.1, 0.15) is 23.2 Å². The number of nitrogens with zero attached hydrogens (tertiary/aromatic N) is 1. The van der Waals surface area contributed by atoms with E-state index in [1.165, 1.54) is 12.1 Å². The van der Waals surface area contributed by atoms with Gasteiger partial charge in [-0.1, -0.05) is 18.2 Å². The van der Waals surface area contributed by atoms with Crippen molar-refractivity contribution >= 4 is 27.5 Å². The quantitative estimate of drug-likeness (QED) is 0.694. The van der Waals surface area contributed by atoms with Gasteiger partial charge >= 0.3 is 0 Å². The highest BCUT2D eigenvalue weighted by Gasteiger charge is 2.18. The van der Waals surface area contributed by atoms with Crippen LogP contribution in [0.1, 0.15) is 23.5 Å². The molecule has 3 rings (SSSR count). The van der Waals surface area contributed by atoms with Crippen LogP contribution in [0.3, 0.4) is 0 Å². The molecule has 0 aliphatic rings. The first-order valence-corrected chi connectivity index (χ1v) is 9.14. The summed E-state index contributed by atoms with van der Waals surface area (Å²) in [6, 6.07) is 10.8. The van der Waals surface area contributed by atoms with E-state index in [1.54, 1.807) is 18.3 Å². The molecular formula is C19H20F2N3OS+. The van der Waals surface area contributed by atoms with E-state index >= 15 is 0 Å². The first kappa shape index (κ1) is 18.4. The zero-order chi connectivity index (χ0) is 18.7. The van der Waals surface area contributed by atoms with Crippen molar-refractivity contribution in [1.29, 1.82) is 0 Å². The molecule has 0 saturated heterocycles. The fraction of sp³-hybridized carbons (Fsp3) is 0.263. The average molecular weight is 376 g/mol. The summed E-state index contributed by atoms with van der Waals surface area (Å²) >= 11 is 1.62. The Morgan fingerprint density at radius 1 is 1.27 bits per heavy atom. The van der Waals surface area contributed by atoms with Gasteiger partial charge in [-0.25, -0.2) is 13.8 Å². The maximum Gasteiger partial charge on any atom is 0.275 e. The summed E-state index contributed by atoms with van der Waals surface area (Å²) in [6.07, 6.45) is 0. The first-order chi connectivity index (χ1) is 12.4. The van der Waals surface area contributed by atoms with Gasteiger partial charge in [0.25, 0.3) is 5.91 Å². The second kappa shape index (κ2) is 7.88. The van der Waals surface area contributed by atoms with Gasteiger partial charge in [-0.3, -0.25) is 4.79 Å². The summed E-state index contributed by atoms with van der Waals surface area (Å²) in [5.41, 5.74) is 1.23. The summed E-state index contributed by atoms with van der Waals surface area (Å²) < 4.78 is 27.9. The molecule has 2 atom stereocenters. The molecule has 0 fully saturated rings. The SMILES string of the molecule is C[C@H](NC(=O)C[NH+](C)Cc1nc2ccccc2s1)c1ccc(F)cc1F. The van der Waals surface area contributed by atoms with E-state index in [9.17, 15) is 13.6 Å². The molecule has 0 radical (unpaired) electrons. The van der Waals surface area contributed by atoms with Crippen molar-refractivity contribution in [3.05, 3.63) is 64.7 Å². The number of para-hydroxylation sites is 1. The van der Waals surface area contributed by atoms with E-state index in [2.05, 4.69) is 10.3 Å². The van der Waals surface area contributed by atoms with Gasteiger partial charge in [-0.15, -0.1) is 11.3 Å². The van der Waals surface area contributed by atoms with Crippen molar-refractivity contribution in [3.63, 3.8) is 0 Å². The number of amides is 1. The van der Waals surface area contributed by atoms with Crippen molar-refractivity contribution < 1.29 is 18.5 Å². The number of hydrogen-bond donors (Lipinski definition) is 2. The van der Waals surface area contributed by atoms with Gasteiger partial charge in [0.2, 0.25) is 0 Å². The normalized spacial score (nSPS) is 13.5. The van der Waals surface area contributed by atoms with E-state index in [4.69, 9.17) is 0 Å². The van der Waals surface area contributed by atoms with Crippen LogP contribution >= 0.6 is 11.3 Å². The van der Waals surface area contributed by atoms with Crippen LogP contribution in [0.15, 0.2) is 42.5 Å². The molecule has 0 bridgehead atoms. The van der Waals surface area contributed by atoms with Gasteiger partial charge in [0.15, 0.2) is 6.54 Å². The molecular weight excluding hydrogens is 356 g/mol. The standard InChI is InChI=1S/C19H19F2N3OS/c1-12(14-8-7-13(20)9-15(14)21)22-18(25)10-24(2)11-19-23-16-5-3-4-6-17(16)26-19/h3-9,12H,10-11H2,1-2H3,(H,22,25)/p+1/t12-/m0/s1. The topological polar surface area (TPSA) is 46.4 Å². The Labute approximate surface area is 154 Å². The molecule has 1 unspecified atom stereocenters. The number of carbonyl (C=O) groups is 1. The Morgan fingerprint density at radius 2 is 2.04 bits per heavy atom. The molecule has 3 aromatic rings. The summed E-state index contributed by atoms with van der Waals surface area (Å²) in [5.74, 6) is -1.49. The van der Waals surface area contributed by atoms with Crippen LogP contribution in [-0.2, 0) is 11.3 Å². The van der Waals surface area contributed by atoms with E-state index in [0.29, 0.717) is 6.54 Å². The predicted molar refractivity (Wildman–Crippen MR) is 98.0 cm³/mol. The van der Waals surface area contributed by atoms with Crippen molar-refractivity contribution in [2.24, 2.45) is 0 Å². The number of nitrogens with one attached hydrogen (secondary N) is 2. The molecule has 4 nitrogen and oxygen atoms in total. The largest absolute Gasteiger partial charge is 0.345 e. The summed E-state index contributed by atoms with van der Waals surface area (Å²) in [5, 5.41) is 3.73. The molecule has 2 aromatic carbocycles. The second-order valence-electron chi connectivity index (χ2n) is 6.34. The van der Waals surface area contributed by atoms with Gasteiger partial charge < -0.3 is 10.2 Å². The Kier molecular flexibility index (Phi) is 5.58. The minimum Gasteiger partial charge on any atom is -0.345 e. The third-order valence-corrected chi connectivity index (χ3v) is 5.10. The number of rotatable bonds is 6. The van der Waals surface area contributed by atoms with Crippen LogP contribution in [-0.4, -0.2) is 24.5 Å². The number of quaternary nitrogens is 1.